The number of aliphatic hydroxyl groups is 1. The van der Waals surface area contributed by atoms with E-state index in [1.807, 2.05) is 0 Å². The van der Waals surface area contributed by atoms with Crippen molar-refractivity contribution in [3.05, 3.63) is 0 Å². The second kappa shape index (κ2) is 6.87. The maximum atomic E-state index is 9.90. The summed E-state index contributed by atoms with van der Waals surface area (Å²) in [5.74, 6) is 2.39. The van der Waals surface area contributed by atoms with Gasteiger partial charge in [-0.25, -0.2) is 0 Å². The Kier molecular flexibility index (Phi) is 5.78. The van der Waals surface area contributed by atoms with Crippen LogP contribution in [0, 0.1) is 12.3 Å². The molecule has 0 aromatic rings. The summed E-state index contributed by atoms with van der Waals surface area (Å²) in [5.41, 5.74) is 0. The first-order valence-corrected chi connectivity index (χ1v) is 5.66. The zero-order valence-corrected chi connectivity index (χ0v) is 9.89. The monoisotopic (exact) mass is 228 g/mol. The molecule has 4 heteroatoms. The Morgan fingerprint density at radius 2 is 2.25 bits per heavy atom. The smallest absolute Gasteiger partial charge is 0.186 e. The summed E-state index contributed by atoms with van der Waals surface area (Å²) in [7, 11) is 1.51. The van der Waals surface area contributed by atoms with Crippen molar-refractivity contribution in [3.63, 3.8) is 0 Å². The van der Waals surface area contributed by atoms with E-state index in [1.165, 1.54) is 7.11 Å². The SMILES string of the molecule is C#CCO[C@@H]1[C@@H](O)[C@H](OC)O[C@@H]1CCCC. The molecule has 0 bridgehead atoms. The fourth-order valence-electron chi connectivity index (χ4n) is 1.89. The Balaban J connectivity index is 2.54. The van der Waals surface area contributed by atoms with Crippen molar-refractivity contribution in [1.29, 1.82) is 0 Å². The average molecular weight is 228 g/mol. The minimum atomic E-state index is -0.764. The quantitative estimate of drug-likeness (QED) is 0.687. The molecule has 0 saturated carbocycles. The van der Waals surface area contributed by atoms with Crippen LogP contribution in [0.25, 0.3) is 0 Å². The second-order valence-electron chi connectivity index (χ2n) is 3.89. The molecule has 16 heavy (non-hydrogen) atoms. The van der Waals surface area contributed by atoms with Gasteiger partial charge in [-0.3, -0.25) is 0 Å². The maximum absolute atomic E-state index is 9.90. The third-order valence-electron chi connectivity index (χ3n) is 2.72. The fourth-order valence-corrected chi connectivity index (χ4v) is 1.89. The lowest BCUT2D eigenvalue weighted by atomic mass is 10.1. The largest absolute Gasteiger partial charge is 0.385 e. The minimum Gasteiger partial charge on any atom is -0.385 e. The van der Waals surface area contributed by atoms with Crippen LogP contribution in [0.5, 0.6) is 0 Å². The van der Waals surface area contributed by atoms with E-state index in [2.05, 4.69) is 12.8 Å². The summed E-state index contributed by atoms with van der Waals surface area (Å²) in [6.45, 7) is 2.29. The summed E-state index contributed by atoms with van der Waals surface area (Å²) in [6.07, 6.45) is 6.21. The average Bonchev–Trinajstić information content (AvgIpc) is 2.60. The lowest BCUT2D eigenvalue weighted by molar-refractivity contribution is -0.149. The normalized spacial score (nSPS) is 33.9. The molecule has 92 valence electrons. The van der Waals surface area contributed by atoms with Crippen LogP contribution in [0.1, 0.15) is 26.2 Å². The molecule has 1 aliphatic rings. The number of hydrogen-bond donors (Lipinski definition) is 1. The number of terminal acetylenes is 1. The molecule has 1 saturated heterocycles. The number of hydrogen-bond acceptors (Lipinski definition) is 4. The number of ether oxygens (including phenoxy) is 3. The third kappa shape index (κ3) is 3.19. The van der Waals surface area contributed by atoms with Crippen molar-refractivity contribution >= 4 is 0 Å². The van der Waals surface area contributed by atoms with E-state index in [0.29, 0.717) is 0 Å². The predicted octanol–water partition coefficient (Wildman–Crippen LogP) is 0.927. The number of unbranched alkanes of at least 4 members (excludes halogenated alkanes) is 1. The molecule has 0 amide bonds. The van der Waals surface area contributed by atoms with Gasteiger partial charge >= 0.3 is 0 Å². The molecule has 1 aliphatic heterocycles. The summed E-state index contributed by atoms with van der Waals surface area (Å²) in [6, 6.07) is 0. The van der Waals surface area contributed by atoms with Gasteiger partial charge in [0.2, 0.25) is 0 Å². The van der Waals surface area contributed by atoms with Crippen molar-refractivity contribution in [2.75, 3.05) is 13.7 Å². The van der Waals surface area contributed by atoms with Gasteiger partial charge in [-0.1, -0.05) is 25.7 Å². The molecule has 0 aromatic carbocycles. The lowest BCUT2D eigenvalue weighted by Gasteiger charge is -2.19. The second-order valence-corrected chi connectivity index (χ2v) is 3.89. The molecular weight excluding hydrogens is 208 g/mol. The first-order chi connectivity index (χ1) is 7.74. The van der Waals surface area contributed by atoms with Crippen LogP contribution in [-0.4, -0.2) is 43.4 Å². The molecule has 1 fully saturated rings. The number of rotatable bonds is 6. The van der Waals surface area contributed by atoms with Crippen molar-refractivity contribution < 1.29 is 19.3 Å². The molecule has 0 aliphatic carbocycles. The molecule has 4 nitrogen and oxygen atoms in total. The maximum Gasteiger partial charge on any atom is 0.186 e. The zero-order valence-electron chi connectivity index (χ0n) is 9.89. The Morgan fingerprint density at radius 3 is 2.81 bits per heavy atom. The Labute approximate surface area is 96.9 Å². The third-order valence-corrected chi connectivity index (χ3v) is 2.72. The van der Waals surface area contributed by atoms with Crippen LogP contribution < -0.4 is 0 Å². The van der Waals surface area contributed by atoms with E-state index < -0.39 is 12.4 Å². The van der Waals surface area contributed by atoms with E-state index in [0.717, 1.165) is 19.3 Å². The van der Waals surface area contributed by atoms with Crippen LogP contribution in [-0.2, 0) is 14.2 Å². The lowest BCUT2D eigenvalue weighted by Crippen LogP contribution is -2.36. The van der Waals surface area contributed by atoms with Crippen LogP contribution >= 0.6 is 0 Å². The molecular formula is C12H20O4. The van der Waals surface area contributed by atoms with Gasteiger partial charge in [-0.05, 0) is 6.42 Å². The molecule has 0 aromatic heterocycles. The van der Waals surface area contributed by atoms with E-state index >= 15 is 0 Å². The summed E-state index contributed by atoms with van der Waals surface area (Å²) in [4.78, 5) is 0. The minimum absolute atomic E-state index is 0.131. The first kappa shape index (κ1) is 13.5. The van der Waals surface area contributed by atoms with E-state index in [-0.39, 0.29) is 18.8 Å². The number of methoxy groups -OCH3 is 1. The zero-order chi connectivity index (χ0) is 12.0. The Hall–Kier alpha value is -0.600. The molecule has 0 radical (unpaired) electrons. The summed E-state index contributed by atoms with van der Waals surface area (Å²) < 4.78 is 16.0. The molecule has 0 unspecified atom stereocenters. The van der Waals surface area contributed by atoms with Crippen LogP contribution in [0.3, 0.4) is 0 Å². The highest BCUT2D eigenvalue weighted by Crippen LogP contribution is 2.27. The first-order valence-electron chi connectivity index (χ1n) is 5.66. The van der Waals surface area contributed by atoms with E-state index in [9.17, 15) is 5.11 Å². The topological polar surface area (TPSA) is 47.9 Å². The van der Waals surface area contributed by atoms with Gasteiger partial charge in [-0.15, -0.1) is 6.42 Å². The highest BCUT2D eigenvalue weighted by Gasteiger charge is 2.44. The highest BCUT2D eigenvalue weighted by molar-refractivity contribution is 4.91. The summed E-state index contributed by atoms with van der Waals surface area (Å²) in [5, 5.41) is 9.90. The van der Waals surface area contributed by atoms with Gasteiger partial charge < -0.3 is 19.3 Å². The molecule has 1 heterocycles. The van der Waals surface area contributed by atoms with Crippen molar-refractivity contribution in [2.45, 2.75) is 50.8 Å². The predicted molar refractivity (Wildman–Crippen MR) is 59.8 cm³/mol. The summed E-state index contributed by atoms with van der Waals surface area (Å²) >= 11 is 0. The highest BCUT2D eigenvalue weighted by atomic mass is 16.7. The van der Waals surface area contributed by atoms with Crippen molar-refractivity contribution in [3.8, 4) is 12.3 Å². The van der Waals surface area contributed by atoms with E-state index in [4.69, 9.17) is 20.6 Å². The molecule has 1 N–H and O–H groups in total. The molecule has 1 rings (SSSR count). The van der Waals surface area contributed by atoms with E-state index in [1.54, 1.807) is 0 Å². The van der Waals surface area contributed by atoms with Gasteiger partial charge in [0.25, 0.3) is 0 Å². The van der Waals surface area contributed by atoms with Gasteiger partial charge in [0, 0.05) is 7.11 Å². The Bertz CT molecular complexity index is 236. The Morgan fingerprint density at radius 1 is 1.50 bits per heavy atom. The number of aliphatic hydroxyl groups excluding tert-OH is 1. The van der Waals surface area contributed by atoms with Crippen LogP contribution in [0.4, 0.5) is 0 Å². The van der Waals surface area contributed by atoms with Crippen LogP contribution in [0.2, 0.25) is 0 Å². The van der Waals surface area contributed by atoms with Gasteiger partial charge in [-0.2, -0.15) is 0 Å². The molecule has 0 spiro atoms. The van der Waals surface area contributed by atoms with Crippen LogP contribution in [0.15, 0.2) is 0 Å². The van der Waals surface area contributed by atoms with Crippen molar-refractivity contribution in [1.82, 2.24) is 0 Å². The van der Waals surface area contributed by atoms with Gasteiger partial charge in [0.15, 0.2) is 6.29 Å². The molecule has 4 atom stereocenters. The van der Waals surface area contributed by atoms with Gasteiger partial charge in [0.05, 0.1) is 6.10 Å². The van der Waals surface area contributed by atoms with Gasteiger partial charge in [0.1, 0.15) is 18.8 Å². The van der Waals surface area contributed by atoms with Crippen molar-refractivity contribution in [2.24, 2.45) is 0 Å². The standard InChI is InChI=1S/C12H20O4/c1-4-6-7-9-11(15-8-5-2)10(13)12(14-3)16-9/h2,9-13H,4,6-8H2,1,3H3/t9-,10-,11+,12-/m1/s1. The fraction of sp³-hybridized carbons (Fsp3) is 0.833.